The summed E-state index contributed by atoms with van der Waals surface area (Å²) in [4.78, 5) is 82.3. The summed E-state index contributed by atoms with van der Waals surface area (Å²) in [7, 11) is 0. The van der Waals surface area contributed by atoms with Gasteiger partial charge in [0.05, 0.1) is 12.5 Å². The summed E-state index contributed by atoms with van der Waals surface area (Å²) in [6, 6.07) is -5.81. The van der Waals surface area contributed by atoms with Crippen LogP contribution in [0.3, 0.4) is 0 Å². The number of rotatable bonds is 19. The van der Waals surface area contributed by atoms with E-state index >= 15 is 0 Å². The van der Waals surface area contributed by atoms with E-state index in [1.165, 1.54) is 0 Å². The zero-order valence-corrected chi connectivity index (χ0v) is 19.6. The van der Waals surface area contributed by atoms with Crippen LogP contribution in [0.2, 0.25) is 0 Å². The molecule has 4 unspecified atom stereocenters. The molecule has 0 aliphatic rings. The molecule has 0 fully saturated rings. The molecular weight excluding hydrogens is 484 g/mol. The lowest BCUT2D eigenvalue weighted by Crippen LogP contribution is -2.57. The monoisotopic (exact) mass is 518 g/mol. The molecule has 36 heavy (non-hydrogen) atoms. The number of amides is 4. The Morgan fingerprint density at radius 1 is 0.667 bits per heavy atom. The van der Waals surface area contributed by atoms with Gasteiger partial charge in [-0.05, 0) is 38.6 Å². The summed E-state index contributed by atoms with van der Waals surface area (Å²) >= 11 is 0. The normalized spacial score (nSPS) is 13.9. The maximum Gasteiger partial charge on any atom is 0.326 e. The molecule has 4 amide bonds. The van der Waals surface area contributed by atoms with Crippen molar-refractivity contribution in [2.24, 2.45) is 17.2 Å². The highest BCUT2D eigenvalue weighted by molar-refractivity contribution is 5.96. The Hall–Kier alpha value is -3.79. The van der Waals surface area contributed by atoms with Gasteiger partial charge in [-0.3, -0.25) is 28.8 Å². The highest BCUT2D eigenvalue weighted by Crippen LogP contribution is 2.05. The van der Waals surface area contributed by atoms with Crippen LogP contribution in [0.15, 0.2) is 0 Å². The zero-order chi connectivity index (χ0) is 27.8. The van der Waals surface area contributed by atoms with E-state index in [0.29, 0.717) is 19.4 Å². The van der Waals surface area contributed by atoms with Crippen molar-refractivity contribution in [1.29, 1.82) is 0 Å². The molecule has 0 rings (SSSR count). The average Bonchev–Trinajstić information content (AvgIpc) is 2.78. The standard InChI is InChI=1S/C20H34N6O10/c21-8-2-1-3-12(20(35)36)25-19(34)13(9-14(23)27)26-18(33)11(5-7-16(30)31)24-17(32)10(22)4-6-15(28)29/h10-13H,1-9,21-22H2,(H2,23,27)(H,24,32)(H,25,34)(H,26,33)(H,28,29)(H,30,31)(H,35,36). The predicted molar refractivity (Wildman–Crippen MR) is 122 cm³/mol. The number of hydrogen-bond acceptors (Lipinski definition) is 9. The summed E-state index contributed by atoms with van der Waals surface area (Å²) in [5.41, 5.74) is 16.1. The van der Waals surface area contributed by atoms with Crippen LogP contribution in [0, 0.1) is 0 Å². The Labute approximate surface area is 206 Å². The number of hydrogen-bond donors (Lipinski definition) is 9. The Balaban J connectivity index is 5.53. The first-order valence-electron chi connectivity index (χ1n) is 11.1. The third-order valence-electron chi connectivity index (χ3n) is 4.89. The lowest BCUT2D eigenvalue weighted by atomic mass is 10.1. The lowest BCUT2D eigenvalue weighted by Gasteiger charge is -2.24. The van der Waals surface area contributed by atoms with Crippen LogP contribution in [0.1, 0.15) is 51.4 Å². The van der Waals surface area contributed by atoms with Crippen molar-refractivity contribution in [1.82, 2.24) is 16.0 Å². The van der Waals surface area contributed by atoms with Gasteiger partial charge >= 0.3 is 17.9 Å². The fourth-order valence-corrected chi connectivity index (χ4v) is 2.93. The van der Waals surface area contributed by atoms with Crippen LogP contribution < -0.4 is 33.2 Å². The number of carbonyl (C=O) groups is 7. The zero-order valence-electron chi connectivity index (χ0n) is 19.6. The fourth-order valence-electron chi connectivity index (χ4n) is 2.93. The lowest BCUT2D eigenvalue weighted by molar-refractivity contribution is -0.143. The maximum absolute atomic E-state index is 12.8. The van der Waals surface area contributed by atoms with E-state index in [1.807, 2.05) is 0 Å². The van der Waals surface area contributed by atoms with E-state index in [0.717, 1.165) is 0 Å². The minimum Gasteiger partial charge on any atom is -0.481 e. The second-order valence-electron chi connectivity index (χ2n) is 7.95. The second-order valence-corrected chi connectivity index (χ2v) is 7.95. The quantitative estimate of drug-likeness (QED) is 0.0755. The summed E-state index contributed by atoms with van der Waals surface area (Å²) in [5.74, 6) is -7.91. The number of carboxylic acids is 3. The number of aliphatic carboxylic acids is 3. The van der Waals surface area contributed by atoms with Gasteiger partial charge in [-0.15, -0.1) is 0 Å². The third-order valence-corrected chi connectivity index (χ3v) is 4.89. The average molecular weight is 519 g/mol. The number of nitrogens with one attached hydrogen (secondary N) is 3. The molecule has 0 saturated heterocycles. The first-order chi connectivity index (χ1) is 16.8. The number of nitrogens with two attached hydrogens (primary N) is 3. The van der Waals surface area contributed by atoms with Gasteiger partial charge in [0, 0.05) is 12.8 Å². The fraction of sp³-hybridized carbons (Fsp3) is 0.650. The van der Waals surface area contributed by atoms with Crippen molar-refractivity contribution in [3.8, 4) is 0 Å². The Morgan fingerprint density at radius 2 is 1.17 bits per heavy atom. The number of primary amides is 1. The first-order valence-corrected chi connectivity index (χ1v) is 11.1. The van der Waals surface area contributed by atoms with Crippen LogP contribution in [-0.4, -0.2) is 87.6 Å². The van der Waals surface area contributed by atoms with E-state index in [-0.39, 0.29) is 12.8 Å². The van der Waals surface area contributed by atoms with Crippen molar-refractivity contribution >= 4 is 41.5 Å². The van der Waals surface area contributed by atoms with Gasteiger partial charge in [0.15, 0.2) is 0 Å². The molecule has 0 aromatic heterocycles. The second kappa shape index (κ2) is 16.8. The summed E-state index contributed by atoms with van der Waals surface area (Å²) < 4.78 is 0. The molecule has 0 radical (unpaired) electrons. The van der Waals surface area contributed by atoms with Crippen molar-refractivity contribution < 1.29 is 48.9 Å². The maximum atomic E-state index is 12.8. The summed E-state index contributed by atoms with van der Waals surface area (Å²) in [5, 5.41) is 33.5. The van der Waals surface area contributed by atoms with Crippen molar-refractivity contribution in [2.75, 3.05) is 6.54 Å². The molecule has 4 atom stereocenters. The Bertz CT molecular complexity index is 821. The Kier molecular flexibility index (Phi) is 15.0. The van der Waals surface area contributed by atoms with Crippen LogP contribution in [0.5, 0.6) is 0 Å². The first kappa shape index (κ1) is 32.2. The third kappa shape index (κ3) is 13.8. The van der Waals surface area contributed by atoms with Gasteiger partial charge in [-0.1, -0.05) is 0 Å². The van der Waals surface area contributed by atoms with Crippen molar-refractivity contribution in [3.05, 3.63) is 0 Å². The number of carbonyl (C=O) groups excluding carboxylic acids is 4. The highest BCUT2D eigenvalue weighted by Gasteiger charge is 2.31. The molecule has 0 bridgehead atoms. The van der Waals surface area contributed by atoms with E-state index in [1.54, 1.807) is 0 Å². The van der Waals surface area contributed by atoms with Gasteiger partial charge in [-0.25, -0.2) is 4.79 Å². The molecule has 204 valence electrons. The van der Waals surface area contributed by atoms with Crippen LogP contribution in [0.4, 0.5) is 0 Å². The minimum absolute atomic E-state index is 0.0288. The van der Waals surface area contributed by atoms with Crippen LogP contribution in [0.25, 0.3) is 0 Å². The smallest absolute Gasteiger partial charge is 0.326 e. The van der Waals surface area contributed by atoms with Gasteiger partial charge in [0.1, 0.15) is 18.1 Å². The van der Waals surface area contributed by atoms with E-state index < -0.39 is 91.4 Å². The molecule has 0 aromatic carbocycles. The van der Waals surface area contributed by atoms with Crippen LogP contribution >= 0.6 is 0 Å². The van der Waals surface area contributed by atoms with Gasteiger partial charge in [-0.2, -0.15) is 0 Å². The summed E-state index contributed by atoms with van der Waals surface area (Å²) in [6.45, 7) is 0.310. The number of carboxylic acid groups (broad SMARTS) is 3. The van der Waals surface area contributed by atoms with Gasteiger partial charge < -0.3 is 48.5 Å². The molecule has 0 aromatic rings. The SMILES string of the molecule is NCCCCC(NC(=O)C(CC(N)=O)NC(=O)C(CCC(=O)O)NC(=O)C(N)CCC(=O)O)C(=O)O. The molecule has 16 heteroatoms. The molecule has 0 aliphatic carbocycles. The molecule has 16 nitrogen and oxygen atoms in total. The Morgan fingerprint density at radius 3 is 1.67 bits per heavy atom. The predicted octanol–water partition coefficient (Wildman–Crippen LogP) is -3.41. The molecule has 0 spiro atoms. The van der Waals surface area contributed by atoms with E-state index in [2.05, 4.69) is 16.0 Å². The molecule has 12 N–H and O–H groups in total. The highest BCUT2D eigenvalue weighted by atomic mass is 16.4. The largest absolute Gasteiger partial charge is 0.481 e. The molecule has 0 saturated carbocycles. The van der Waals surface area contributed by atoms with Crippen molar-refractivity contribution in [3.63, 3.8) is 0 Å². The van der Waals surface area contributed by atoms with Gasteiger partial charge in [0.25, 0.3) is 0 Å². The van der Waals surface area contributed by atoms with E-state index in [4.69, 9.17) is 27.4 Å². The minimum atomic E-state index is -1.63. The summed E-state index contributed by atoms with van der Waals surface area (Å²) in [6.07, 6.45) is -1.50. The van der Waals surface area contributed by atoms with Crippen LogP contribution in [-0.2, 0) is 33.6 Å². The molecule has 0 aliphatic heterocycles. The van der Waals surface area contributed by atoms with Gasteiger partial charge in [0.2, 0.25) is 23.6 Å². The number of unbranched alkanes of at least 4 members (excludes halogenated alkanes) is 1. The molecule has 0 heterocycles. The van der Waals surface area contributed by atoms with E-state index in [9.17, 15) is 38.7 Å². The van der Waals surface area contributed by atoms with Crippen molar-refractivity contribution in [2.45, 2.75) is 75.5 Å². The topological polar surface area (TPSA) is 294 Å². The molecular formula is C20H34N6O10.